The van der Waals surface area contributed by atoms with Gasteiger partial charge in [-0.15, -0.1) is 11.8 Å². The summed E-state index contributed by atoms with van der Waals surface area (Å²) in [7, 11) is 1.65. The van der Waals surface area contributed by atoms with E-state index in [-0.39, 0.29) is 54.4 Å². The number of carbonyl (C=O) groups excluding carboxylic acids is 3. The topological polar surface area (TPSA) is 297 Å². The monoisotopic (exact) mass is 668 g/mol. The third-order valence-corrected chi connectivity index (χ3v) is 8.66. The highest BCUT2D eigenvalue weighted by Crippen LogP contribution is 2.41. The van der Waals surface area contributed by atoms with E-state index in [0.717, 1.165) is 16.4 Å². The first-order chi connectivity index (χ1) is 21.2. The fraction of sp³-hybridized carbons (Fsp3) is 0.478. The van der Waals surface area contributed by atoms with Gasteiger partial charge in [-0.3, -0.25) is 19.5 Å². The summed E-state index contributed by atoms with van der Waals surface area (Å²) in [6.45, 7) is 3.17. The SMILES string of the molecule is CN1C(N)=C(NC(=O)NCCN)CN1CC1=C(C(=O)O)N2C(=O)[C@@H](NC(=O)/C(=N/OC(C)(C)C(=O)O)c3nsc(N)n3)[C@H]2SC1. The fourth-order valence-corrected chi connectivity index (χ4v) is 6.07. The number of β-lactam (4-membered cyclic amide) rings is 1. The predicted octanol–water partition coefficient (Wildman–Crippen LogP) is -3.01. The Hall–Kier alpha value is -4.67. The number of carboxylic acid groups (broad SMARTS) is 2. The van der Waals surface area contributed by atoms with Gasteiger partial charge < -0.3 is 48.2 Å². The lowest BCUT2D eigenvalue weighted by atomic mass is 10.0. The molecule has 1 fully saturated rings. The number of oxime groups is 1. The third kappa shape index (κ3) is 6.87. The Labute approximate surface area is 263 Å². The van der Waals surface area contributed by atoms with Crippen LogP contribution in [0.15, 0.2) is 27.9 Å². The van der Waals surface area contributed by atoms with E-state index in [1.165, 1.54) is 25.6 Å². The number of amides is 4. The van der Waals surface area contributed by atoms with E-state index in [2.05, 4.69) is 30.5 Å². The molecular formula is C23H32N12O8S2. The van der Waals surface area contributed by atoms with Gasteiger partial charge in [0.25, 0.3) is 11.8 Å². The van der Waals surface area contributed by atoms with E-state index in [1.807, 2.05) is 0 Å². The number of nitrogens with one attached hydrogen (secondary N) is 3. The van der Waals surface area contributed by atoms with Crippen molar-refractivity contribution in [3.8, 4) is 0 Å². The number of nitrogens with two attached hydrogens (primary N) is 3. The zero-order chi connectivity index (χ0) is 33.2. The molecule has 0 unspecified atom stereocenters. The highest BCUT2D eigenvalue weighted by molar-refractivity contribution is 8.00. The lowest BCUT2D eigenvalue weighted by Crippen LogP contribution is -2.71. The number of carboxylic acids is 2. The molecule has 4 heterocycles. The summed E-state index contributed by atoms with van der Waals surface area (Å²) in [6, 6.07) is -1.64. The number of nitrogens with zero attached hydrogens (tertiary/aromatic N) is 6. The lowest BCUT2D eigenvalue weighted by Gasteiger charge is -2.49. The van der Waals surface area contributed by atoms with E-state index in [9.17, 15) is 34.2 Å². The van der Waals surface area contributed by atoms with Gasteiger partial charge in [0, 0.05) is 44.0 Å². The number of hydrogen-bond acceptors (Lipinski definition) is 16. The van der Waals surface area contributed by atoms with Gasteiger partial charge in [0.05, 0.1) is 12.2 Å². The van der Waals surface area contributed by atoms with Gasteiger partial charge in [0.2, 0.25) is 17.1 Å². The molecule has 1 saturated heterocycles. The number of hydrogen-bond donors (Lipinski definition) is 8. The minimum atomic E-state index is -1.82. The molecule has 0 spiro atoms. The Morgan fingerprint density at radius 3 is 2.53 bits per heavy atom. The largest absolute Gasteiger partial charge is 0.478 e. The van der Waals surface area contributed by atoms with Crippen molar-refractivity contribution in [3.63, 3.8) is 0 Å². The summed E-state index contributed by atoms with van der Waals surface area (Å²) >= 11 is 1.98. The van der Waals surface area contributed by atoms with Gasteiger partial charge in [0.1, 0.15) is 22.9 Å². The molecule has 1 aromatic heterocycles. The van der Waals surface area contributed by atoms with Crippen molar-refractivity contribution in [2.24, 2.45) is 16.6 Å². The number of thioether (sulfide) groups is 1. The molecule has 45 heavy (non-hydrogen) atoms. The van der Waals surface area contributed by atoms with Crippen LogP contribution in [0.3, 0.4) is 0 Å². The molecule has 0 saturated carbocycles. The first-order valence-electron chi connectivity index (χ1n) is 13.2. The Balaban J connectivity index is 1.49. The number of fused-ring (bicyclic) bond motifs is 1. The molecule has 4 rings (SSSR count). The number of aliphatic carboxylic acids is 2. The molecule has 1 aromatic rings. The van der Waals surface area contributed by atoms with Crippen LogP contribution in [0.25, 0.3) is 0 Å². The number of carbonyl (C=O) groups is 5. The van der Waals surface area contributed by atoms with Gasteiger partial charge in [-0.1, -0.05) is 5.16 Å². The highest BCUT2D eigenvalue weighted by Gasteiger charge is 2.54. The molecule has 3 aliphatic heterocycles. The maximum Gasteiger partial charge on any atom is 0.352 e. The molecule has 0 bridgehead atoms. The number of nitrogen functional groups attached to an aromatic ring is 1. The summed E-state index contributed by atoms with van der Waals surface area (Å²) < 4.78 is 3.92. The van der Waals surface area contributed by atoms with Crippen molar-refractivity contribution in [1.29, 1.82) is 0 Å². The molecule has 20 nitrogen and oxygen atoms in total. The smallest absolute Gasteiger partial charge is 0.352 e. The molecule has 11 N–H and O–H groups in total. The van der Waals surface area contributed by atoms with Crippen LogP contribution in [0.2, 0.25) is 0 Å². The van der Waals surface area contributed by atoms with E-state index >= 15 is 0 Å². The van der Waals surface area contributed by atoms with Gasteiger partial charge in [-0.25, -0.2) is 19.4 Å². The van der Waals surface area contributed by atoms with Crippen molar-refractivity contribution >= 4 is 63.9 Å². The second-order valence-electron chi connectivity index (χ2n) is 10.3. The van der Waals surface area contributed by atoms with Crippen LogP contribution in [0.5, 0.6) is 0 Å². The van der Waals surface area contributed by atoms with Crippen LogP contribution in [0, 0.1) is 0 Å². The van der Waals surface area contributed by atoms with E-state index in [4.69, 9.17) is 22.0 Å². The molecule has 22 heteroatoms. The summed E-state index contributed by atoms with van der Waals surface area (Å²) in [5, 5.41) is 33.3. The second kappa shape index (κ2) is 13.1. The first kappa shape index (κ1) is 33.2. The van der Waals surface area contributed by atoms with E-state index in [0.29, 0.717) is 11.3 Å². The molecule has 244 valence electrons. The first-order valence-corrected chi connectivity index (χ1v) is 15.0. The van der Waals surface area contributed by atoms with Crippen LogP contribution in [-0.2, 0) is 24.0 Å². The Kier molecular flexibility index (Phi) is 9.70. The normalized spacial score (nSPS) is 20.5. The standard InChI is InChI=1S/C23H32N12O8S2/c1-23(2,20(40)41)43-31-11(15-30-21(26)45-32-15)16(36)29-12-17(37)35-13(19(38)39)9(8-44-18(12)35)6-34-7-10(14(25)33(34)3)28-22(42)27-5-4-24/h12,18H,4-8,24-25H2,1-3H3,(H,29,36)(H,38,39)(H,40,41)(H2,26,30,32)(H2,27,28,42)/b31-11+/t12-,18-/m1/s1. The molecule has 0 radical (unpaired) electrons. The average molecular weight is 669 g/mol. The Morgan fingerprint density at radius 1 is 1.22 bits per heavy atom. The van der Waals surface area contributed by atoms with Crippen molar-refractivity contribution < 1.29 is 39.0 Å². The fourth-order valence-electron chi connectivity index (χ4n) is 4.30. The molecule has 2 atom stereocenters. The van der Waals surface area contributed by atoms with Crippen molar-refractivity contribution in [2.45, 2.75) is 30.9 Å². The third-order valence-electron chi connectivity index (χ3n) is 6.78. The van der Waals surface area contributed by atoms with Gasteiger partial charge in [0.15, 0.2) is 5.13 Å². The van der Waals surface area contributed by atoms with Crippen LogP contribution in [0.1, 0.15) is 19.7 Å². The molecule has 3 aliphatic rings. The van der Waals surface area contributed by atoms with Crippen LogP contribution < -0.4 is 33.2 Å². The number of rotatable bonds is 12. The number of aromatic nitrogens is 2. The zero-order valence-electron chi connectivity index (χ0n) is 24.3. The second-order valence-corrected chi connectivity index (χ2v) is 12.2. The average Bonchev–Trinajstić information content (AvgIpc) is 3.52. The lowest BCUT2D eigenvalue weighted by molar-refractivity contribution is -0.161. The summed E-state index contributed by atoms with van der Waals surface area (Å²) in [5.74, 6) is -4.17. The van der Waals surface area contributed by atoms with Gasteiger partial charge in [-0.2, -0.15) is 9.36 Å². The van der Waals surface area contributed by atoms with Crippen molar-refractivity contribution in [3.05, 3.63) is 28.6 Å². The number of urea groups is 1. The number of anilines is 1. The minimum Gasteiger partial charge on any atom is -0.478 e. The Morgan fingerprint density at radius 2 is 1.93 bits per heavy atom. The summed E-state index contributed by atoms with van der Waals surface area (Å²) in [5.41, 5.74) is 15.4. The number of hydrazine groups is 1. The van der Waals surface area contributed by atoms with Crippen molar-refractivity contribution in [1.82, 2.24) is 40.2 Å². The predicted molar refractivity (Wildman–Crippen MR) is 159 cm³/mol. The quantitative estimate of drug-likeness (QED) is 0.0625. The molecule has 4 amide bonds. The van der Waals surface area contributed by atoms with Crippen LogP contribution in [-0.4, -0.2) is 126 Å². The van der Waals surface area contributed by atoms with Crippen LogP contribution >= 0.6 is 23.3 Å². The molecule has 0 aliphatic carbocycles. The maximum atomic E-state index is 13.3. The van der Waals surface area contributed by atoms with Crippen molar-refractivity contribution in [2.75, 3.05) is 44.7 Å². The van der Waals surface area contributed by atoms with E-state index in [1.54, 1.807) is 17.1 Å². The van der Waals surface area contributed by atoms with Crippen LogP contribution in [0.4, 0.5) is 9.93 Å². The van der Waals surface area contributed by atoms with E-state index < -0.39 is 52.5 Å². The minimum absolute atomic E-state index is 0.00106. The maximum absolute atomic E-state index is 13.3. The highest BCUT2D eigenvalue weighted by atomic mass is 32.2. The summed E-state index contributed by atoms with van der Waals surface area (Å²) in [4.78, 5) is 72.5. The molecular weight excluding hydrogens is 636 g/mol. The zero-order valence-corrected chi connectivity index (χ0v) is 25.9. The molecule has 0 aromatic carbocycles. The summed E-state index contributed by atoms with van der Waals surface area (Å²) in [6.07, 6.45) is 0. The van der Waals surface area contributed by atoms with Gasteiger partial charge >= 0.3 is 18.0 Å². The van der Waals surface area contributed by atoms with Gasteiger partial charge in [-0.05, 0) is 19.4 Å². The Bertz CT molecular complexity index is 1510.